The number of fused-ring (bicyclic) bond motifs is 1. The number of benzene rings is 1. The van der Waals surface area contributed by atoms with Gasteiger partial charge in [0.05, 0.1) is 18.1 Å². The zero-order chi connectivity index (χ0) is 20.4. The summed E-state index contributed by atoms with van der Waals surface area (Å²) in [5, 5.41) is 3.40. The summed E-state index contributed by atoms with van der Waals surface area (Å²) in [6.45, 7) is 5.37. The van der Waals surface area contributed by atoms with Crippen molar-refractivity contribution in [3.63, 3.8) is 0 Å². The number of nitrogens with one attached hydrogen (secondary N) is 1. The number of rotatable bonds is 5. The summed E-state index contributed by atoms with van der Waals surface area (Å²) >= 11 is 0. The lowest BCUT2D eigenvalue weighted by Crippen LogP contribution is -2.53. The van der Waals surface area contributed by atoms with Crippen LogP contribution in [0.4, 0.5) is 0 Å². The molecule has 1 aromatic rings. The molecule has 2 aliphatic heterocycles. The maximum Gasteiger partial charge on any atom is 0.236 e. The van der Waals surface area contributed by atoms with Gasteiger partial charge in [-0.05, 0) is 55.7 Å². The molecule has 1 aromatic carbocycles. The number of hydrogen-bond acceptors (Lipinski definition) is 5. The predicted molar refractivity (Wildman–Crippen MR) is 115 cm³/mol. The number of sulfone groups is 1. The zero-order valence-electron chi connectivity index (χ0n) is 17.4. The van der Waals surface area contributed by atoms with Gasteiger partial charge in [0.25, 0.3) is 0 Å². The Morgan fingerprint density at radius 3 is 2.55 bits per heavy atom. The minimum atomic E-state index is -2.86. The molecule has 1 N–H and O–H groups in total. The van der Waals surface area contributed by atoms with Gasteiger partial charge in [-0.1, -0.05) is 18.2 Å². The van der Waals surface area contributed by atoms with Crippen molar-refractivity contribution >= 4 is 15.7 Å². The van der Waals surface area contributed by atoms with Crippen LogP contribution in [-0.4, -0.2) is 74.4 Å². The Balaban J connectivity index is 1.24. The maximum absolute atomic E-state index is 12.6. The number of amides is 1. The van der Waals surface area contributed by atoms with Crippen LogP contribution in [0.15, 0.2) is 18.2 Å². The summed E-state index contributed by atoms with van der Waals surface area (Å²) in [7, 11) is -2.86. The second-order valence-electron chi connectivity index (χ2n) is 8.81. The van der Waals surface area contributed by atoms with Crippen LogP contribution in [0.25, 0.3) is 0 Å². The predicted octanol–water partition coefficient (Wildman–Crippen LogP) is 1.55. The lowest BCUT2D eigenvalue weighted by Gasteiger charge is -2.37. The zero-order valence-corrected chi connectivity index (χ0v) is 18.2. The first-order chi connectivity index (χ1) is 13.9. The molecular formula is C22H33N3O3S. The van der Waals surface area contributed by atoms with Crippen molar-refractivity contribution in [1.29, 1.82) is 0 Å². The van der Waals surface area contributed by atoms with Crippen molar-refractivity contribution in [1.82, 2.24) is 15.1 Å². The molecule has 2 fully saturated rings. The average molecular weight is 420 g/mol. The molecule has 160 valence electrons. The maximum atomic E-state index is 12.6. The van der Waals surface area contributed by atoms with Crippen LogP contribution in [0, 0.1) is 0 Å². The Morgan fingerprint density at radius 1 is 1.14 bits per heavy atom. The number of carbonyl (C=O) groups is 1. The number of carbonyl (C=O) groups excluding carboxylic acids is 1. The van der Waals surface area contributed by atoms with Gasteiger partial charge in [0, 0.05) is 38.3 Å². The van der Waals surface area contributed by atoms with Gasteiger partial charge in [0.15, 0.2) is 9.84 Å². The monoisotopic (exact) mass is 419 g/mol. The van der Waals surface area contributed by atoms with Gasteiger partial charge in [-0.25, -0.2) is 8.42 Å². The van der Waals surface area contributed by atoms with E-state index in [9.17, 15) is 13.2 Å². The smallest absolute Gasteiger partial charge is 0.236 e. The summed E-state index contributed by atoms with van der Waals surface area (Å²) in [6.07, 6.45) is 5.65. The lowest BCUT2D eigenvalue weighted by atomic mass is 9.89. The number of hydrogen-bond donors (Lipinski definition) is 1. The van der Waals surface area contributed by atoms with E-state index in [1.165, 1.54) is 42.4 Å². The summed E-state index contributed by atoms with van der Waals surface area (Å²) in [5.41, 5.74) is 4.21. The molecule has 4 rings (SSSR count). The van der Waals surface area contributed by atoms with Crippen molar-refractivity contribution in [3.8, 4) is 0 Å². The molecule has 1 aliphatic carbocycles. The topological polar surface area (TPSA) is 69.7 Å². The minimum absolute atomic E-state index is 0.133. The van der Waals surface area contributed by atoms with Crippen LogP contribution < -0.4 is 5.32 Å². The Morgan fingerprint density at radius 2 is 1.86 bits per heavy atom. The molecule has 2 heterocycles. The van der Waals surface area contributed by atoms with Gasteiger partial charge in [-0.15, -0.1) is 0 Å². The molecule has 7 heteroatoms. The summed E-state index contributed by atoms with van der Waals surface area (Å²) < 4.78 is 23.4. The first kappa shape index (κ1) is 20.8. The molecule has 29 heavy (non-hydrogen) atoms. The highest BCUT2D eigenvalue weighted by Crippen LogP contribution is 2.25. The third-order valence-electron chi connectivity index (χ3n) is 6.82. The minimum Gasteiger partial charge on any atom is -0.339 e. The van der Waals surface area contributed by atoms with E-state index in [4.69, 9.17) is 0 Å². The molecular weight excluding hydrogens is 386 g/mol. The van der Waals surface area contributed by atoms with Crippen molar-refractivity contribution in [2.24, 2.45) is 0 Å². The van der Waals surface area contributed by atoms with E-state index in [0.717, 1.165) is 19.5 Å². The Kier molecular flexibility index (Phi) is 6.27. The molecule has 0 saturated carbocycles. The third kappa shape index (κ3) is 5.01. The molecule has 0 bridgehead atoms. The van der Waals surface area contributed by atoms with E-state index in [1.54, 1.807) is 0 Å². The van der Waals surface area contributed by atoms with E-state index < -0.39 is 9.84 Å². The summed E-state index contributed by atoms with van der Waals surface area (Å²) in [6, 6.07) is 7.05. The highest BCUT2D eigenvalue weighted by Gasteiger charge is 2.34. The van der Waals surface area contributed by atoms with E-state index in [0.29, 0.717) is 25.4 Å². The number of aryl methyl sites for hydroxylation is 2. The molecule has 0 radical (unpaired) electrons. The SMILES string of the molecule is C[C@H](NCC(=O)N1CCN([C@H]2CCS(=O)(=O)C2)CC1)c1ccc2c(c1)CCCC2. The van der Waals surface area contributed by atoms with Crippen LogP contribution >= 0.6 is 0 Å². The lowest BCUT2D eigenvalue weighted by molar-refractivity contribution is -0.132. The molecule has 6 nitrogen and oxygen atoms in total. The van der Waals surface area contributed by atoms with Crippen LogP contribution in [0.5, 0.6) is 0 Å². The van der Waals surface area contributed by atoms with Gasteiger partial charge < -0.3 is 10.2 Å². The first-order valence-corrected chi connectivity index (χ1v) is 12.8. The van der Waals surface area contributed by atoms with Gasteiger partial charge in [-0.2, -0.15) is 0 Å². The Labute approximate surface area is 174 Å². The normalized spacial score (nSPS) is 25.6. The largest absolute Gasteiger partial charge is 0.339 e. The van der Waals surface area contributed by atoms with E-state index >= 15 is 0 Å². The van der Waals surface area contributed by atoms with Crippen LogP contribution in [0.2, 0.25) is 0 Å². The standard InChI is InChI=1S/C22H33N3O3S/c1-17(19-7-6-18-4-2-3-5-20(18)14-19)23-15-22(26)25-11-9-24(10-12-25)21-8-13-29(27,28)16-21/h6-7,14,17,21,23H,2-5,8-13,15-16H2,1H3/t17-,21-/m0/s1. The van der Waals surface area contributed by atoms with Crippen molar-refractivity contribution < 1.29 is 13.2 Å². The first-order valence-electron chi connectivity index (χ1n) is 11.0. The van der Waals surface area contributed by atoms with E-state index in [2.05, 4.69) is 35.3 Å². The molecule has 0 unspecified atom stereocenters. The van der Waals surface area contributed by atoms with Gasteiger partial charge in [0.2, 0.25) is 5.91 Å². The summed E-state index contributed by atoms with van der Waals surface area (Å²) in [5.74, 6) is 0.718. The quantitative estimate of drug-likeness (QED) is 0.784. The molecule has 0 spiro atoms. The Hall–Kier alpha value is -1.44. The van der Waals surface area contributed by atoms with Crippen LogP contribution in [0.1, 0.15) is 48.9 Å². The number of nitrogens with zero attached hydrogens (tertiary/aromatic N) is 2. The second kappa shape index (κ2) is 8.74. The highest BCUT2D eigenvalue weighted by molar-refractivity contribution is 7.91. The third-order valence-corrected chi connectivity index (χ3v) is 8.57. The van der Waals surface area contributed by atoms with Crippen LogP contribution in [0.3, 0.4) is 0 Å². The summed E-state index contributed by atoms with van der Waals surface area (Å²) in [4.78, 5) is 16.8. The van der Waals surface area contributed by atoms with Crippen molar-refractivity contribution in [3.05, 3.63) is 34.9 Å². The molecule has 2 saturated heterocycles. The fourth-order valence-electron chi connectivity index (χ4n) is 4.89. The Bertz CT molecular complexity index is 847. The molecule has 3 aliphatic rings. The van der Waals surface area contributed by atoms with E-state index in [-0.39, 0.29) is 23.7 Å². The van der Waals surface area contributed by atoms with Gasteiger partial charge in [0.1, 0.15) is 0 Å². The van der Waals surface area contributed by atoms with Crippen molar-refractivity contribution in [2.45, 2.75) is 51.1 Å². The molecule has 0 aromatic heterocycles. The van der Waals surface area contributed by atoms with E-state index in [1.807, 2.05) is 4.90 Å². The molecule has 1 amide bonds. The second-order valence-corrected chi connectivity index (χ2v) is 11.0. The van der Waals surface area contributed by atoms with Gasteiger partial charge in [-0.3, -0.25) is 9.69 Å². The fourth-order valence-corrected chi connectivity index (χ4v) is 6.65. The van der Waals surface area contributed by atoms with Gasteiger partial charge >= 0.3 is 0 Å². The fraction of sp³-hybridized carbons (Fsp3) is 0.682. The highest BCUT2D eigenvalue weighted by atomic mass is 32.2. The average Bonchev–Trinajstić information content (AvgIpc) is 3.11. The molecule has 2 atom stereocenters. The van der Waals surface area contributed by atoms with Crippen LogP contribution in [-0.2, 0) is 27.5 Å². The number of piperazine rings is 1. The van der Waals surface area contributed by atoms with Crippen molar-refractivity contribution in [2.75, 3.05) is 44.2 Å².